The van der Waals surface area contributed by atoms with Crippen LogP contribution in [0.1, 0.15) is 39.0 Å². The van der Waals surface area contributed by atoms with Gasteiger partial charge in [0.25, 0.3) is 0 Å². The molecule has 0 bridgehead atoms. The zero-order chi connectivity index (χ0) is 19.9. The Balaban J connectivity index is 1.45. The van der Waals surface area contributed by atoms with Gasteiger partial charge >= 0.3 is 0 Å². The number of hydrogen-bond donors (Lipinski definition) is 0. The maximum atomic E-state index is 12.7. The summed E-state index contributed by atoms with van der Waals surface area (Å²) in [5.41, 5.74) is 1.08. The van der Waals surface area contributed by atoms with Crippen LogP contribution in [0.4, 0.5) is 5.69 Å². The first-order chi connectivity index (χ1) is 13.6. The Morgan fingerprint density at radius 1 is 0.893 bits per heavy atom. The molecule has 0 radical (unpaired) electrons. The molecule has 6 nitrogen and oxygen atoms in total. The van der Waals surface area contributed by atoms with Crippen LogP contribution in [-0.2, 0) is 9.59 Å². The average molecular weight is 388 g/mol. The second-order valence-corrected chi connectivity index (χ2v) is 7.99. The number of rotatable bonds is 6. The Labute approximate surface area is 168 Å². The van der Waals surface area contributed by atoms with Crippen molar-refractivity contribution < 1.29 is 14.3 Å². The summed E-state index contributed by atoms with van der Waals surface area (Å²) in [5.74, 6) is 1.33. The lowest BCUT2D eigenvalue weighted by molar-refractivity contribution is -0.135. The van der Waals surface area contributed by atoms with Gasteiger partial charge in [0.15, 0.2) is 0 Å². The zero-order valence-corrected chi connectivity index (χ0v) is 17.2. The van der Waals surface area contributed by atoms with Gasteiger partial charge in [0, 0.05) is 52.1 Å². The van der Waals surface area contributed by atoms with Gasteiger partial charge in [-0.1, -0.05) is 19.1 Å². The van der Waals surface area contributed by atoms with Crippen molar-refractivity contribution in [3.05, 3.63) is 24.3 Å². The summed E-state index contributed by atoms with van der Waals surface area (Å²) in [5, 5.41) is 0. The van der Waals surface area contributed by atoms with Crippen LogP contribution in [0.5, 0.6) is 5.75 Å². The van der Waals surface area contributed by atoms with Crippen LogP contribution in [0, 0.1) is 5.92 Å². The number of carbonyl (C=O) groups is 2. The third-order valence-corrected chi connectivity index (χ3v) is 5.81. The molecule has 154 valence electrons. The number of hydrogen-bond acceptors (Lipinski definition) is 4. The van der Waals surface area contributed by atoms with E-state index in [2.05, 4.69) is 11.0 Å². The van der Waals surface area contributed by atoms with Crippen molar-refractivity contribution in [2.24, 2.45) is 5.92 Å². The van der Waals surface area contributed by atoms with Crippen LogP contribution in [-0.4, -0.2) is 68.0 Å². The molecule has 2 aliphatic heterocycles. The van der Waals surface area contributed by atoms with Crippen molar-refractivity contribution in [2.75, 3.05) is 51.3 Å². The molecule has 2 heterocycles. The molecule has 0 aromatic heterocycles. The minimum absolute atomic E-state index is 0.0918. The highest BCUT2D eigenvalue weighted by Crippen LogP contribution is 2.28. The highest BCUT2D eigenvalue weighted by atomic mass is 16.5. The highest BCUT2D eigenvalue weighted by Gasteiger charge is 2.25. The van der Waals surface area contributed by atoms with Gasteiger partial charge in [0.05, 0.1) is 12.8 Å². The maximum absolute atomic E-state index is 12.7. The van der Waals surface area contributed by atoms with Crippen molar-refractivity contribution in [1.82, 2.24) is 9.80 Å². The monoisotopic (exact) mass is 387 g/mol. The third kappa shape index (κ3) is 5.18. The summed E-state index contributed by atoms with van der Waals surface area (Å²) in [6.45, 7) is 6.80. The van der Waals surface area contributed by atoms with Crippen LogP contribution in [0.3, 0.4) is 0 Å². The topological polar surface area (TPSA) is 53.1 Å². The predicted molar refractivity (Wildman–Crippen MR) is 111 cm³/mol. The second kappa shape index (κ2) is 9.80. The maximum Gasteiger partial charge on any atom is 0.222 e. The Morgan fingerprint density at radius 3 is 2.07 bits per heavy atom. The van der Waals surface area contributed by atoms with Crippen LogP contribution in [0.15, 0.2) is 24.3 Å². The standard InChI is InChI=1S/C22H33N3O3/c1-18(16-21(26)24-10-6-3-7-11-24)17-22(27)25-14-12-23(13-15-25)19-8-4-5-9-20(19)28-2/h4-5,8-9,18H,3,6-7,10-17H2,1-2H3/t18-/m0/s1. The number of carbonyl (C=O) groups excluding carboxylic acids is 2. The van der Waals surface area contributed by atoms with E-state index in [1.165, 1.54) is 6.42 Å². The lowest BCUT2D eigenvalue weighted by Gasteiger charge is -2.37. The van der Waals surface area contributed by atoms with E-state index < -0.39 is 0 Å². The van der Waals surface area contributed by atoms with E-state index in [0.717, 1.165) is 50.5 Å². The van der Waals surface area contributed by atoms with E-state index in [-0.39, 0.29) is 17.7 Å². The number of anilines is 1. The minimum Gasteiger partial charge on any atom is -0.495 e. The quantitative estimate of drug-likeness (QED) is 0.753. The number of nitrogens with zero attached hydrogens (tertiary/aromatic N) is 3. The van der Waals surface area contributed by atoms with Crippen molar-refractivity contribution in [3.8, 4) is 5.75 Å². The normalized spacial score (nSPS) is 18.7. The highest BCUT2D eigenvalue weighted by molar-refractivity contribution is 5.80. The van der Waals surface area contributed by atoms with E-state index in [4.69, 9.17) is 4.74 Å². The van der Waals surface area contributed by atoms with Crippen LogP contribution in [0.2, 0.25) is 0 Å². The molecule has 6 heteroatoms. The number of piperidine rings is 1. The van der Waals surface area contributed by atoms with Crippen molar-refractivity contribution in [3.63, 3.8) is 0 Å². The zero-order valence-electron chi connectivity index (χ0n) is 17.2. The van der Waals surface area contributed by atoms with Crippen LogP contribution >= 0.6 is 0 Å². The molecule has 0 N–H and O–H groups in total. The van der Waals surface area contributed by atoms with E-state index >= 15 is 0 Å². The number of likely N-dealkylation sites (tertiary alicyclic amines) is 1. The molecule has 0 aliphatic carbocycles. The fraction of sp³-hybridized carbons (Fsp3) is 0.636. The molecule has 0 spiro atoms. The first-order valence-electron chi connectivity index (χ1n) is 10.5. The van der Waals surface area contributed by atoms with Gasteiger partial charge in [-0.2, -0.15) is 0 Å². The summed E-state index contributed by atoms with van der Waals surface area (Å²) in [6, 6.07) is 8.00. The predicted octanol–water partition coefficient (Wildman–Crippen LogP) is 2.77. The Morgan fingerprint density at radius 2 is 1.46 bits per heavy atom. The van der Waals surface area contributed by atoms with Crippen LogP contribution in [0.25, 0.3) is 0 Å². The van der Waals surface area contributed by atoms with Gasteiger partial charge in [-0.15, -0.1) is 0 Å². The van der Waals surface area contributed by atoms with E-state index in [0.29, 0.717) is 25.9 Å². The molecular formula is C22H33N3O3. The number of benzene rings is 1. The van der Waals surface area contributed by atoms with Gasteiger partial charge in [-0.05, 0) is 37.3 Å². The van der Waals surface area contributed by atoms with Gasteiger partial charge < -0.3 is 19.4 Å². The molecule has 1 aromatic carbocycles. The first kappa shape index (κ1) is 20.5. The molecule has 2 saturated heterocycles. The van der Waals surface area contributed by atoms with Gasteiger partial charge in [-0.3, -0.25) is 9.59 Å². The van der Waals surface area contributed by atoms with Crippen molar-refractivity contribution in [1.29, 1.82) is 0 Å². The molecule has 3 rings (SSSR count). The molecule has 28 heavy (non-hydrogen) atoms. The Kier molecular flexibility index (Phi) is 7.18. The van der Waals surface area contributed by atoms with Gasteiger partial charge in [0.1, 0.15) is 5.75 Å². The summed E-state index contributed by atoms with van der Waals surface area (Å²) < 4.78 is 5.45. The smallest absolute Gasteiger partial charge is 0.222 e. The summed E-state index contributed by atoms with van der Waals surface area (Å²) in [6.07, 6.45) is 4.37. The minimum atomic E-state index is 0.0918. The summed E-state index contributed by atoms with van der Waals surface area (Å²) in [7, 11) is 1.69. The number of ether oxygens (including phenoxy) is 1. The third-order valence-electron chi connectivity index (χ3n) is 5.81. The fourth-order valence-electron chi connectivity index (χ4n) is 4.16. The van der Waals surface area contributed by atoms with Crippen molar-refractivity contribution >= 4 is 17.5 Å². The molecule has 0 unspecified atom stereocenters. The largest absolute Gasteiger partial charge is 0.495 e. The van der Waals surface area contributed by atoms with Gasteiger partial charge in [-0.25, -0.2) is 0 Å². The molecule has 1 aromatic rings. The number of para-hydroxylation sites is 2. The second-order valence-electron chi connectivity index (χ2n) is 7.99. The number of piperazine rings is 1. The molecule has 2 aliphatic rings. The summed E-state index contributed by atoms with van der Waals surface area (Å²) >= 11 is 0. The molecule has 0 saturated carbocycles. The van der Waals surface area contributed by atoms with E-state index in [9.17, 15) is 9.59 Å². The fourth-order valence-corrected chi connectivity index (χ4v) is 4.16. The SMILES string of the molecule is COc1ccccc1N1CCN(C(=O)C[C@@H](C)CC(=O)N2CCCCC2)CC1. The number of methoxy groups -OCH3 is 1. The number of amides is 2. The first-order valence-corrected chi connectivity index (χ1v) is 10.5. The molecular weight excluding hydrogens is 354 g/mol. The summed E-state index contributed by atoms with van der Waals surface area (Å²) in [4.78, 5) is 31.3. The Bertz CT molecular complexity index is 665. The average Bonchev–Trinajstić information content (AvgIpc) is 2.74. The van der Waals surface area contributed by atoms with Crippen LogP contribution < -0.4 is 9.64 Å². The van der Waals surface area contributed by atoms with E-state index in [1.54, 1.807) is 7.11 Å². The van der Waals surface area contributed by atoms with Gasteiger partial charge in [0.2, 0.25) is 11.8 Å². The molecule has 2 fully saturated rings. The van der Waals surface area contributed by atoms with Crippen molar-refractivity contribution in [2.45, 2.75) is 39.0 Å². The lowest BCUT2D eigenvalue weighted by Crippen LogP contribution is -2.49. The van der Waals surface area contributed by atoms with E-state index in [1.807, 2.05) is 34.9 Å². The lowest BCUT2D eigenvalue weighted by atomic mass is 10.0. The molecule has 2 amide bonds. The Hall–Kier alpha value is -2.24. The molecule has 1 atom stereocenters.